The van der Waals surface area contributed by atoms with Gasteiger partial charge in [0, 0.05) is 18.9 Å². The van der Waals surface area contributed by atoms with Gasteiger partial charge in [-0.15, -0.1) is 0 Å². The Morgan fingerprint density at radius 1 is 1.30 bits per heavy atom. The smallest absolute Gasteiger partial charge is 0.323 e. The predicted molar refractivity (Wildman–Crippen MR) is 149 cm³/mol. The minimum Gasteiger partial charge on any atom is -0.462 e. The van der Waals surface area contributed by atoms with E-state index in [-0.39, 0.29) is 30.6 Å². The summed E-state index contributed by atoms with van der Waals surface area (Å²) in [6.07, 6.45) is 0.298. The van der Waals surface area contributed by atoms with Crippen molar-refractivity contribution in [3.63, 3.8) is 0 Å². The molecule has 3 aromatic rings. The number of ether oxygens (including phenoxy) is 2. The van der Waals surface area contributed by atoms with E-state index in [0.717, 1.165) is 0 Å². The highest BCUT2D eigenvalue weighted by Gasteiger charge is 2.48. The maximum absolute atomic E-state index is 16.1. The monoisotopic (exact) mass is 577 g/mol. The zero-order valence-electron chi connectivity index (χ0n) is 23.3. The molecular formula is C26H37FN7O5P. The van der Waals surface area contributed by atoms with Gasteiger partial charge in [0.15, 0.2) is 17.0 Å². The number of alkyl halides is 1. The van der Waals surface area contributed by atoms with Crippen molar-refractivity contribution in [3.8, 4) is 0 Å². The number of benzene rings is 1. The third-order valence-corrected chi connectivity index (χ3v) is 8.43. The van der Waals surface area contributed by atoms with E-state index >= 15 is 4.39 Å². The molecule has 1 fully saturated rings. The lowest BCUT2D eigenvalue weighted by atomic mass is 10.1. The second-order valence-corrected chi connectivity index (χ2v) is 12.5. The Labute approximate surface area is 232 Å². The second kappa shape index (κ2) is 12.2. The van der Waals surface area contributed by atoms with Crippen LogP contribution in [0.3, 0.4) is 0 Å². The number of aromatic nitrogens is 4. The molecule has 3 heterocycles. The molecule has 0 spiro atoms. The van der Waals surface area contributed by atoms with Crippen molar-refractivity contribution in [2.75, 3.05) is 24.2 Å². The van der Waals surface area contributed by atoms with Gasteiger partial charge in [0.2, 0.25) is 11.8 Å². The van der Waals surface area contributed by atoms with Crippen LogP contribution in [0.25, 0.3) is 11.2 Å². The summed E-state index contributed by atoms with van der Waals surface area (Å²) < 4.78 is 48.6. The lowest BCUT2D eigenvalue weighted by Gasteiger charge is -2.27. The number of carbonyl (C=O) groups excluding carboxylic acids is 1. The minimum atomic E-state index is -3.78. The third kappa shape index (κ3) is 6.95. The first-order valence-electron chi connectivity index (χ1n) is 13.3. The number of anilines is 2. The molecule has 1 saturated heterocycles. The number of nitrogens with two attached hydrogens (primary N) is 1. The number of fused-ring (bicyclic) bond motifs is 1. The molecule has 40 heavy (non-hydrogen) atoms. The molecule has 218 valence electrons. The van der Waals surface area contributed by atoms with E-state index in [4.69, 9.17) is 19.7 Å². The van der Waals surface area contributed by atoms with Crippen LogP contribution >= 0.6 is 7.52 Å². The molecule has 0 saturated carbocycles. The summed E-state index contributed by atoms with van der Waals surface area (Å²) in [6.45, 7) is 8.70. The van der Waals surface area contributed by atoms with E-state index in [1.165, 1.54) is 13.3 Å². The van der Waals surface area contributed by atoms with Gasteiger partial charge >= 0.3 is 5.97 Å². The van der Waals surface area contributed by atoms with Gasteiger partial charge in [-0.3, -0.25) is 13.9 Å². The number of esters is 1. The van der Waals surface area contributed by atoms with Crippen LogP contribution in [0.15, 0.2) is 36.7 Å². The van der Waals surface area contributed by atoms with Crippen molar-refractivity contribution in [1.29, 1.82) is 0 Å². The average molecular weight is 578 g/mol. The number of halogens is 1. The molecule has 5 atom stereocenters. The van der Waals surface area contributed by atoms with Gasteiger partial charge in [-0.25, -0.2) is 14.5 Å². The number of hydrogen-bond acceptors (Lipinski definition) is 10. The molecular weight excluding hydrogens is 540 g/mol. The molecule has 4 N–H and O–H groups in total. The highest BCUT2D eigenvalue weighted by Crippen LogP contribution is 2.50. The third-order valence-electron chi connectivity index (χ3n) is 6.32. The van der Waals surface area contributed by atoms with Gasteiger partial charge in [0.1, 0.15) is 18.9 Å². The zero-order chi connectivity index (χ0) is 29.1. The van der Waals surface area contributed by atoms with Crippen molar-refractivity contribution in [1.82, 2.24) is 24.6 Å². The van der Waals surface area contributed by atoms with Gasteiger partial charge in [0.05, 0.1) is 18.6 Å². The normalized spacial score (nSPS) is 23.3. The standard InChI is InChI=1S/C26H37FN7O5P/c1-6-29-21-20-22(32-25(28)31-21)34(15-30-20)23-17(4)12-26(27,39-23)14-37-40(36,13-19-10-8-7-9-11-19)33-18(5)24(35)38-16(2)3/h7-11,15-18,23H,6,12-14H2,1-5H3,(H,33,36)(H3,28,29,31,32)/t17-,18-,23+,26-,40?/m0/s1. The lowest BCUT2D eigenvalue weighted by molar-refractivity contribution is -0.172. The number of rotatable bonds is 12. The second-order valence-electron chi connectivity index (χ2n) is 10.3. The minimum absolute atomic E-state index is 0.0335. The highest BCUT2D eigenvalue weighted by atomic mass is 31.2. The molecule has 0 radical (unpaired) electrons. The fourth-order valence-electron chi connectivity index (χ4n) is 4.63. The van der Waals surface area contributed by atoms with Crippen molar-refractivity contribution in [3.05, 3.63) is 42.2 Å². The molecule has 1 unspecified atom stereocenters. The first-order valence-corrected chi connectivity index (χ1v) is 15.1. The van der Waals surface area contributed by atoms with Crippen LogP contribution < -0.4 is 16.1 Å². The molecule has 0 bridgehead atoms. The SMILES string of the molecule is CCNc1nc(N)nc2c1ncn2[C@@H]1O[C@](F)(COP(=O)(Cc2ccccc2)N[C@@H](C)C(=O)OC(C)C)C[C@@H]1C. The van der Waals surface area contributed by atoms with Crippen LogP contribution in [-0.4, -0.2) is 56.6 Å². The Balaban J connectivity index is 1.53. The zero-order valence-corrected chi connectivity index (χ0v) is 24.2. The van der Waals surface area contributed by atoms with Crippen molar-refractivity contribution < 1.29 is 27.7 Å². The van der Waals surface area contributed by atoms with E-state index in [2.05, 4.69) is 25.4 Å². The van der Waals surface area contributed by atoms with E-state index in [1.54, 1.807) is 42.7 Å². The van der Waals surface area contributed by atoms with Crippen molar-refractivity contribution in [2.45, 2.75) is 71.4 Å². The maximum atomic E-state index is 16.1. The molecule has 2 aromatic heterocycles. The quantitative estimate of drug-likeness (QED) is 0.207. The Bertz CT molecular complexity index is 1370. The van der Waals surface area contributed by atoms with Crippen LogP contribution in [-0.2, 0) is 29.5 Å². The molecule has 12 nitrogen and oxygen atoms in total. The number of nitrogen functional groups attached to an aromatic ring is 1. The van der Waals surface area contributed by atoms with Crippen LogP contribution in [0.4, 0.5) is 16.2 Å². The lowest BCUT2D eigenvalue weighted by Crippen LogP contribution is -2.37. The first-order chi connectivity index (χ1) is 18.9. The fraction of sp³-hybridized carbons (Fsp3) is 0.538. The summed E-state index contributed by atoms with van der Waals surface area (Å²) in [6, 6.07) is 8.04. The predicted octanol–water partition coefficient (Wildman–Crippen LogP) is 4.40. The summed E-state index contributed by atoms with van der Waals surface area (Å²) in [5.41, 5.74) is 7.50. The van der Waals surface area contributed by atoms with Crippen LogP contribution in [0, 0.1) is 5.92 Å². The number of nitrogens with one attached hydrogen (secondary N) is 2. The summed E-state index contributed by atoms with van der Waals surface area (Å²) in [5, 5.41) is 5.87. The molecule has 14 heteroatoms. The topological polar surface area (TPSA) is 156 Å². The Kier molecular flexibility index (Phi) is 9.09. The molecule has 1 aliphatic rings. The number of hydrogen-bond donors (Lipinski definition) is 3. The molecule has 4 rings (SSSR count). The van der Waals surface area contributed by atoms with E-state index in [0.29, 0.717) is 29.1 Å². The summed E-state index contributed by atoms with van der Waals surface area (Å²) in [7, 11) is -3.78. The van der Waals surface area contributed by atoms with Crippen LogP contribution in [0.5, 0.6) is 0 Å². The maximum Gasteiger partial charge on any atom is 0.323 e. The largest absolute Gasteiger partial charge is 0.462 e. The summed E-state index contributed by atoms with van der Waals surface area (Å²) in [5.74, 6) is -2.64. The molecule has 1 aliphatic heterocycles. The number of imidazole rings is 1. The Morgan fingerprint density at radius 2 is 2.02 bits per heavy atom. The van der Waals surface area contributed by atoms with Crippen LogP contribution in [0.2, 0.25) is 0 Å². The molecule has 0 aliphatic carbocycles. The molecule has 0 amide bonds. The van der Waals surface area contributed by atoms with E-state index < -0.39 is 38.2 Å². The average Bonchev–Trinajstić information content (AvgIpc) is 3.43. The van der Waals surface area contributed by atoms with Crippen molar-refractivity contribution in [2.24, 2.45) is 5.92 Å². The van der Waals surface area contributed by atoms with E-state index in [9.17, 15) is 9.36 Å². The fourth-order valence-corrected chi connectivity index (χ4v) is 6.68. The first kappa shape index (κ1) is 29.9. The summed E-state index contributed by atoms with van der Waals surface area (Å²) >= 11 is 0. The Morgan fingerprint density at radius 3 is 2.70 bits per heavy atom. The van der Waals surface area contributed by atoms with Crippen LogP contribution in [0.1, 0.15) is 52.8 Å². The van der Waals surface area contributed by atoms with Gasteiger partial charge < -0.3 is 25.0 Å². The van der Waals surface area contributed by atoms with Gasteiger partial charge in [0.25, 0.3) is 7.52 Å². The molecule has 1 aromatic carbocycles. The van der Waals surface area contributed by atoms with Gasteiger partial charge in [-0.1, -0.05) is 37.3 Å². The number of nitrogens with zero attached hydrogens (tertiary/aromatic N) is 4. The number of carbonyl (C=O) groups is 1. The van der Waals surface area contributed by atoms with Gasteiger partial charge in [-0.2, -0.15) is 9.97 Å². The summed E-state index contributed by atoms with van der Waals surface area (Å²) in [4.78, 5) is 25.3. The van der Waals surface area contributed by atoms with Gasteiger partial charge in [-0.05, 0) is 33.3 Å². The van der Waals surface area contributed by atoms with Crippen molar-refractivity contribution >= 4 is 36.4 Å². The highest BCUT2D eigenvalue weighted by molar-refractivity contribution is 7.56. The Hall–Kier alpha value is -3.12. The van der Waals surface area contributed by atoms with E-state index in [1.807, 2.05) is 19.9 Å².